The monoisotopic (exact) mass is 451 g/mol. The SMILES string of the molecule is C[C@H](C(=O)N(C)Cc1cccc(F)c1)N1CCN(c2ccc([N+](=O)[O-])c3cnccc23)CC1. The van der Waals surface area contributed by atoms with E-state index in [-0.39, 0.29) is 28.4 Å². The highest BCUT2D eigenvalue weighted by Gasteiger charge is 2.28. The van der Waals surface area contributed by atoms with Crippen LogP contribution < -0.4 is 4.90 Å². The van der Waals surface area contributed by atoms with Crippen LogP contribution in [0.25, 0.3) is 10.8 Å². The minimum atomic E-state index is -0.390. The van der Waals surface area contributed by atoms with Gasteiger partial charge >= 0.3 is 0 Å². The summed E-state index contributed by atoms with van der Waals surface area (Å²) in [5, 5.41) is 12.7. The Morgan fingerprint density at radius 3 is 2.64 bits per heavy atom. The molecule has 9 heteroatoms. The molecule has 1 saturated heterocycles. The van der Waals surface area contributed by atoms with Gasteiger partial charge in [0.1, 0.15) is 5.82 Å². The number of piperazine rings is 1. The molecule has 1 amide bonds. The molecule has 1 aromatic heterocycles. The van der Waals surface area contributed by atoms with E-state index in [4.69, 9.17) is 0 Å². The van der Waals surface area contributed by atoms with E-state index >= 15 is 0 Å². The summed E-state index contributed by atoms with van der Waals surface area (Å²) in [6.07, 6.45) is 3.17. The molecule has 2 aromatic carbocycles. The van der Waals surface area contributed by atoms with Crippen LogP contribution in [0.1, 0.15) is 12.5 Å². The zero-order valence-electron chi connectivity index (χ0n) is 18.6. The Bertz CT molecular complexity index is 1180. The zero-order valence-corrected chi connectivity index (χ0v) is 18.6. The second kappa shape index (κ2) is 9.50. The maximum absolute atomic E-state index is 13.5. The molecule has 0 bridgehead atoms. The molecule has 4 rings (SSSR count). The van der Waals surface area contributed by atoms with E-state index in [0.717, 1.165) is 16.6 Å². The number of hydrogen-bond acceptors (Lipinski definition) is 6. The predicted octanol–water partition coefficient (Wildman–Crippen LogP) is 3.45. The summed E-state index contributed by atoms with van der Waals surface area (Å²) in [6.45, 7) is 5.01. The second-order valence-electron chi connectivity index (χ2n) is 8.31. The molecule has 2 heterocycles. The molecule has 0 saturated carbocycles. The molecule has 0 aliphatic carbocycles. The van der Waals surface area contributed by atoms with E-state index in [9.17, 15) is 19.3 Å². The first-order valence-electron chi connectivity index (χ1n) is 10.8. The number of benzene rings is 2. The lowest BCUT2D eigenvalue weighted by molar-refractivity contribution is -0.383. The predicted molar refractivity (Wildman–Crippen MR) is 125 cm³/mol. The highest BCUT2D eigenvalue weighted by Crippen LogP contribution is 2.33. The fourth-order valence-corrected chi connectivity index (χ4v) is 4.41. The van der Waals surface area contributed by atoms with Crippen molar-refractivity contribution in [2.24, 2.45) is 0 Å². The van der Waals surface area contributed by atoms with Gasteiger partial charge in [-0.3, -0.25) is 24.8 Å². The smallest absolute Gasteiger partial charge is 0.278 e. The number of nitro benzene ring substituents is 1. The van der Waals surface area contributed by atoms with Crippen LogP contribution in [0.4, 0.5) is 15.8 Å². The van der Waals surface area contributed by atoms with Gasteiger partial charge in [0.15, 0.2) is 0 Å². The van der Waals surface area contributed by atoms with Crippen molar-refractivity contribution in [2.45, 2.75) is 19.5 Å². The maximum Gasteiger partial charge on any atom is 0.278 e. The summed E-state index contributed by atoms with van der Waals surface area (Å²) in [4.78, 5) is 34.0. The van der Waals surface area contributed by atoms with Crippen molar-refractivity contribution in [3.63, 3.8) is 0 Å². The number of anilines is 1. The topological polar surface area (TPSA) is 82.8 Å². The van der Waals surface area contributed by atoms with Gasteiger partial charge in [-0.15, -0.1) is 0 Å². The lowest BCUT2D eigenvalue weighted by Crippen LogP contribution is -2.54. The number of amides is 1. The Kier molecular flexibility index (Phi) is 6.50. The molecule has 0 unspecified atom stereocenters. The molecule has 1 aliphatic heterocycles. The number of pyridine rings is 1. The standard InChI is InChI=1S/C24H26FN5O3/c1-17(24(31)27(2)16-18-4-3-5-19(25)14-18)28-10-12-29(13-11-28)22-6-7-23(30(32)33)21-15-26-9-8-20(21)22/h3-9,14-15,17H,10-13,16H2,1-2H3/t17-/m1/s1. The van der Waals surface area contributed by atoms with Crippen LogP contribution in [0.3, 0.4) is 0 Å². The van der Waals surface area contributed by atoms with Gasteiger partial charge in [-0.25, -0.2) is 4.39 Å². The third-order valence-electron chi connectivity index (χ3n) is 6.21. The number of non-ortho nitro benzene ring substituents is 1. The number of carbonyl (C=O) groups is 1. The third-order valence-corrected chi connectivity index (χ3v) is 6.21. The van der Waals surface area contributed by atoms with E-state index in [1.165, 1.54) is 24.4 Å². The average Bonchev–Trinajstić information content (AvgIpc) is 2.82. The van der Waals surface area contributed by atoms with E-state index < -0.39 is 0 Å². The average molecular weight is 452 g/mol. The Balaban J connectivity index is 1.42. The number of likely N-dealkylation sites (N-methyl/N-ethyl adjacent to an activating group) is 1. The van der Waals surface area contributed by atoms with Crippen molar-refractivity contribution in [1.29, 1.82) is 0 Å². The van der Waals surface area contributed by atoms with Crippen LogP contribution in [0.5, 0.6) is 0 Å². The number of nitro groups is 1. The number of fused-ring (bicyclic) bond motifs is 1. The number of hydrogen-bond donors (Lipinski definition) is 0. The fraction of sp³-hybridized carbons (Fsp3) is 0.333. The molecule has 0 spiro atoms. The summed E-state index contributed by atoms with van der Waals surface area (Å²) in [7, 11) is 1.73. The fourth-order valence-electron chi connectivity index (χ4n) is 4.41. The van der Waals surface area contributed by atoms with Crippen molar-refractivity contribution >= 4 is 28.1 Å². The van der Waals surface area contributed by atoms with Crippen LogP contribution in [-0.2, 0) is 11.3 Å². The molecule has 33 heavy (non-hydrogen) atoms. The van der Waals surface area contributed by atoms with Crippen LogP contribution in [0, 0.1) is 15.9 Å². The minimum Gasteiger partial charge on any atom is -0.368 e. The molecule has 172 valence electrons. The molecule has 0 N–H and O–H groups in total. The number of nitrogens with zero attached hydrogens (tertiary/aromatic N) is 5. The number of carbonyl (C=O) groups excluding carboxylic acids is 1. The Morgan fingerprint density at radius 2 is 1.94 bits per heavy atom. The molecular weight excluding hydrogens is 425 g/mol. The molecule has 0 radical (unpaired) electrons. The van der Waals surface area contributed by atoms with Gasteiger partial charge in [0, 0.05) is 69.3 Å². The van der Waals surface area contributed by atoms with Crippen molar-refractivity contribution in [2.75, 3.05) is 38.1 Å². The van der Waals surface area contributed by atoms with Crippen molar-refractivity contribution in [3.8, 4) is 0 Å². The number of rotatable bonds is 6. The van der Waals surface area contributed by atoms with Gasteiger partial charge in [0.05, 0.1) is 16.4 Å². The molecule has 8 nitrogen and oxygen atoms in total. The molecule has 1 aliphatic rings. The lowest BCUT2D eigenvalue weighted by atomic mass is 10.1. The van der Waals surface area contributed by atoms with Gasteiger partial charge in [-0.05, 0) is 36.8 Å². The van der Waals surface area contributed by atoms with E-state index in [2.05, 4.69) is 14.8 Å². The highest BCUT2D eigenvalue weighted by atomic mass is 19.1. The van der Waals surface area contributed by atoms with Crippen LogP contribution >= 0.6 is 0 Å². The largest absolute Gasteiger partial charge is 0.368 e. The first-order chi connectivity index (χ1) is 15.8. The van der Waals surface area contributed by atoms with Gasteiger partial charge in [0.2, 0.25) is 5.91 Å². The third kappa shape index (κ3) is 4.78. The molecular formula is C24H26FN5O3. The molecule has 3 aromatic rings. The van der Waals surface area contributed by atoms with Gasteiger partial charge < -0.3 is 9.80 Å². The zero-order chi connectivity index (χ0) is 23.5. The normalized spacial score (nSPS) is 15.4. The number of halogens is 1. The summed E-state index contributed by atoms with van der Waals surface area (Å²) in [5.41, 5.74) is 1.73. The number of aromatic nitrogens is 1. The van der Waals surface area contributed by atoms with E-state index in [0.29, 0.717) is 38.1 Å². The minimum absolute atomic E-state index is 0.0143. The molecule has 1 atom stereocenters. The van der Waals surface area contributed by atoms with E-state index in [1.807, 2.05) is 6.92 Å². The first-order valence-corrected chi connectivity index (χ1v) is 10.8. The Morgan fingerprint density at radius 1 is 1.18 bits per heavy atom. The van der Waals surface area contributed by atoms with Crippen molar-refractivity contribution in [3.05, 3.63) is 76.4 Å². The molecule has 1 fully saturated rings. The first kappa shape index (κ1) is 22.6. The van der Waals surface area contributed by atoms with Gasteiger partial charge in [-0.2, -0.15) is 0 Å². The summed E-state index contributed by atoms with van der Waals surface area (Å²) >= 11 is 0. The van der Waals surface area contributed by atoms with Crippen LogP contribution in [0.15, 0.2) is 54.9 Å². The summed E-state index contributed by atoms with van der Waals surface area (Å²) in [5.74, 6) is -0.327. The van der Waals surface area contributed by atoms with Crippen LogP contribution in [0.2, 0.25) is 0 Å². The second-order valence-corrected chi connectivity index (χ2v) is 8.31. The summed E-state index contributed by atoms with van der Waals surface area (Å²) in [6, 6.07) is 11.1. The van der Waals surface area contributed by atoms with E-state index in [1.54, 1.807) is 42.4 Å². The van der Waals surface area contributed by atoms with Crippen LogP contribution in [-0.4, -0.2) is 64.9 Å². The van der Waals surface area contributed by atoms with Crippen molar-refractivity contribution in [1.82, 2.24) is 14.8 Å². The van der Waals surface area contributed by atoms with Gasteiger partial charge in [-0.1, -0.05) is 12.1 Å². The van der Waals surface area contributed by atoms with Crippen molar-refractivity contribution < 1.29 is 14.1 Å². The lowest BCUT2D eigenvalue weighted by Gasteiger charge is -2.39. The Labute approximate surface area is 191 Å². The quantitative estimate of drug-likeness (QED) is 0.422. The van der Waals surface area contributed by atoms with Gasteiger partial charge in [0.25, 0.3) is 5.69 Å². The highest BCUT2D eigenvalue weighted by molar-refractivity contribution is 5.99. The maximum atomic E-state index is 13.5. The summed E-state index contributed by atoms with van der Waals surface area (Å²) < 4.78 is 13.5. The Hall–Kier alpha value is -3.59.